The molecule has 92 valence electrons. The summed E-state index contributed by atoms with van der Waals surface area (Å²) in [6.07, 6.45) is 2.01. The van der Waals surface area contributed by atoms with Crippen molar-refractivity contribution in [3.8, 4) is 6.07 Å². The molecule has 0 spiro atoms. The van der Waals surface area contributed by atoms with Crippen molar-refractivity contribution in [2.24, 2.45) is 10.8 Å². The summed E-state index contributed by atoms with van der Waals surface area (Å²) >= 11 is 0. The third-order valence-electron chi connectivity index (χ3n) is 4.22. The molecule has 0 aromatic heterocycles. The van der Waals surface area contributed by atoms with Crippen molar-refractivity contribution in [2.45, 2.75) is 59.9 Å². The van der Waals surface area contributed by atoms with Crippen molar-refractivity contribution in [2.75, 3.05) is 13.1 Å². The molecule has 1 aliphatic rings. The minimum atomic E-state index is -0.130. The second-order valence-electron chi connectivity index (χ2n) is 7.10. The van der Waals surface area contributed by atoms with E-state index in [1.54, 1.807) is 0 Å². The minimum absolute atomic E-state index is 0.0890. The fourth-order valence-electron chi connectivity index (χ4n) is 2.59. The Balaban J connectivity index is 2.78. The zero-order chi connectivity index (χ0) is 12.6. The van der Waals surface area contributed by atoms with Crippen LogP contribution in [0.4, 0.5) is 0 Å². The Morgan fingerprint density at radius 2 is 1.44 bits per heavy atom. The third kappa shape index (κ3) is 2.40. The van der Waals surface area contributed by atoms with Gasteiger partial charge in [0.25, 0.3) is 0 Å². The van der Waals surface area contributed by atoms with Crippen LogP contribution in [-0.4, -0.2) is 23.5 Å². The van der Waals surface area contributed by atoms with Gasteiger partial charge in [-0.2, -0.15) is 5.26 Å². The Bertz CT molecular complexity index is 277. The predicted octanol–water partition coefficient (Wildman–Crippen LogP) is 3.44. The summed E-state index contributed by atoms with van der Waals surface area (Å²) in [4.78, 5) is 2.49. The summed E-state index contributed by atoms with van der Waals surface area (Å²) in [7, 11) is 0. The molecule has 16 heavy (non-hydrogen) atoms. The monoisotopic (exact) mass is 222 g/mol. The molecule has 1 saturated heterocycles. The molecule has 0 atom stereocenters. The van der Waals surface area contributed by atoms with E-state index in [0.717, 1.165) is 25.9 Å². The molecule has 0 N–H and O–H groups in total. The van der Waals surface area contributed by atoms with Crippen LogP contribution in [0.5, 0.6) is 0 Å². The SMILES string of the molecule is CC(C)(C)N1CCC(C#N)(C(C)(C)C)CC1. The molecule has 0 unspecified atom stereocenters. The van der Waals surface area contributed by atoms with Crippen LogP contribution >= 0.6 is 0 Å². The molecule has 1 aliphatic heterocycles. The summed E-state index contributed by atoms with van der Waals surface area (Å²) < 4.78 is 0. The molecule has 1 fully saturated rings. The van der Waals surface area contributed by atoms with Gasteiger partial charge in [0.15, 0.2) is 0 Å². The normalized spacial score (nSPS) is 22.8. The van der Waals surface area contributed by atoms with Crippen LogP contribution in [-0.2, 0) is 0 Å². The van der Waals surface area contributed by atoms with Crippen molar-refractivity contribution in [1.82, 2.24) is 4.90 Å². The van der Waals surface area contributed by atoms with Crippen LogP contribution in [0, 0.1) is 22.2 Å². The van der Waals surface area contributed by atoms with Gasteiger partial charge in [0.2, 0.25) is 0 Å². The lowest BCUT2D eigenvalue weighted by atomic mass is 9.62. The highest BCUT2D eigenvalue weighted by molar-refractivity contribution is 5.09. The van der Waals surface area contributed by atoms with Crippen molar-refractivity contribution in [1.29, 1.82) is 5.26 Å². The standard InChI is InChI=1S/C14H26N2/c1-12(2,3)14(11-15)7-9-16(10-8-14)13(4,5)6/h7-10H2,1-6H3. The van der Waals surface area contributed by atoms with E-state index in [9.17, 15) is 5.26 Å². The first kappa shape index (κ1) is 13.5. The number of nitriles is 1. The van der Waals surface area contributed by atoms with Crippen molar-refractivity contribution in [3.05, 3.63) is 0 Å². The van der Waals surface area contributed by atoms with Gasteiger partial charge in [-0.15, -0.1) is 0 Å². The average molecular weight is 222 g/mol. The summed E-state index contributed by atoms with van der Waals surface area (Å²) in [5.74, 6) is 0. The molecule has 2 nitrogen and oxygen atoms in total. The Morgan fingerprint density at radius 3 is 1.69 bits per heavy atom. The molecule has 0 bridgehead atoms. The number of rotatable bonds is 0. The van der Waals surface area contributed by atoms with E-state index in [2.05, 4.69) is 52.5 Å². The maximum atomic E-state index is 9.50. The highest BCUT2D eigenvalue weighted by atomic mass is 15.2. The molecule has 2 heteroatoms. The highest BCUT2D eigenvalue weighted by Gasteiger charge is 2.45. The van der Waals surface area contributed by atoms with Crippen LogP contribution < -0.4 is 0 Å². The Hall–Kier alpha value is -0.550. The molecule has 0 amide bonds. The quantitative estimate of drug-likeness (QED) is 0.628. The minimum Gasteiger partial charge on any atom is -0.298 e. The van der Waals surface area contributed by atoms with Gasteiger partial charge in [-0.3, -0.25) is 4.90 Å². The van der Waals surface area contributed by atoms with Crippen molar-refractivity contribution >= 4 is 0 Å². The maximum Gasteiger partial charge on any atom is 0.0696 e. The highest BCUT2D eigenvalue weighted by Crippen LogP contribution is 2.47. The second-order valence-corrected chi connectivity index (χ2v) is 7.10. The summed E-state index contributed by atoms with van der Waals surface area (Å²) in [5.41, 5.74) is 0.194. The van der Waals surface area contributed by atoms with E-state index in [-0.39, 0.29) is 16.4 Å². The summed E-state index contributed by atoms with van der Waals surface area (Å²) in [6, 6.07) is 2.60. The van der Waals surface area contributed by atoms with Gasteiger partial charge in [0.05, 0.1) is 11.5 Å². The Morgan fingerprint density at radius 1 is 1.00 bits per heavy atom. The molecule has 0 aromatic rings. The molecule has 0 saturated carbocycles. The van der Waals surface area contributed by atoms with Gasteiger partial charge in [-0.1, -0.05) is 20.8 Å². The number of hydrogen-bond acceptors (Lipinski definition) is 2. The van der Waals surface area contributed by atoms with E-state index >= 15 is 0 Å². The fraction of sp³-hybridized carbons (Fsp3) is 0.929. The maximum absolute atomic E-state index is 9.50. The first-order valence-electron chi connectivity index (χ1n) is 6.29. The van der Waals surface area contributed by atoms with Crippen LogP contribution in [0.25, 0.3) is 0 Å². The lowest BCUT2D eigenvalue weighted by Crippen LogP contribution is -2.51. The van der Waals surface area contributed by atoms with Gasteiger partial charge < -0.3 is 0 Å². The average Bonchev–Trinajstić information content (AvgIpc) is 2.14. The Labute approximate surface area is 101 Å². The van der Waals surface area contributed by atoms with Crippen molar-refractivity contribution in [3.63, 3.8) is 0 Å². The second kappa shape index (κ2) is 4.04. The zero-order valence-electron chi connectivity index (χ0n) is 11.7. The number of hydrogen-bond donors (Lipinski definition) is 0. The first-order chi connectivity index (χ1) is 7.12. The fourth-order valence-corrected chi connectivity index (χ4v) is 2.59. The zero-order valence-corrected chi connectivity index (χ0v) is 11.7. The molecule has 0 aliphatic carbocycles. The topological polar surface area (TPSA) is 27.0 Å². The van der Waals surface area contributed by atoms with Gasteiger partial charge in [-0.25, -0.2) is 0 Å². The van der Waals surface area contributed by atoms with Gasteiger partial charge in [0, 0.05) is 18.6 Å². The van der Waals surface area contributed by atoms with E-state index in [4.69, 9.17) is 0 Å². The number of nitrogens with zero attached hydrogens (tertiary/aromatic N) is 2. The predicted molar refractivity (Wildman–Crippen MR) is 68.1 cm³/mol. The first-order valence-corrected chi connectivity index (χ1v) is 6.29. The van der Waals surface area contributed by atoms with Crippen molar-refractivity contribution < 1.29 is 0 Å². The molecule has 1 rings (SSSR count). The van der Waals surface area contributed by atoms with Crippen LogP contribution in [0.15, 0.2) is 0 Å². The van der Waals surface area contributed by atoms with Gasteiger partial charge >= 0.3 is 0 Å². The largest absolute Gasteiger partial charge is 0.298 e. The summed E-state index contributed by atoms with van der Waals surface area (Å²) in [5, 5.41) is 9.50. The van der Waals surface area contributed by atoms with E-state index in [1.807, 2.05) is 0 Å². The van der Waals surface area contributed by atoms with E-state index in [1.165, 1.54) is 0 Å². The van der Waals surface area contributed by atoms with Crippen LogP contribution in [0.2, 0.25) is 0 Å². The molecular weight excluding hydrogens is 196 g/mol. The van der Waals surface area contributed by atoms with E-state index < -0.39 is 0 Å². The molecule has 0 aromatic carbocycles. The number of likely N-dealkylation sites (tertiary alicyclic amines) is 1. The molecular formula is C14H26N2. The van der Waals surface area contributed by atoms with Gasteiger partial charge in [0.1, 0.15) is 0 Å². The van der Waals surface area contributed by atoms with E-state index in [0.29, 0.717) is 0 Å². The van der Waals surface area contributed by atoms with Gasteiger partial charge in [-0.05, 0) is 39.0 Å². The molecule has 0 radical (unpaired) electrons. The lowest BCUT2D eigenvalue weighted by Gasteiger charge is -2.48. The Kier molecular flexibility index (Phi) is 3.41. The lowest BCUT2D eigenvalue weighted by molar-refractivity contribution is 0.0150. The van der Waals surface area contributed by atoms with Crippen LogP contribution in [0.3, 0.4) is 0 Å². The summed E-state index contributed by atoms with van der Waals surface area (Å²) in [6.45, 7) is 15.5. The third-order valence-corrected chi connectivity index (χ3v) is 4.22. The smallest absolute Gasteiger partial charge is 0.0696 e. The van der Waals surface area contributed by atoms with Crippen LogP contribution in [0.1, 0.15) is 54.4 Å². The number of piperidine rings is 1. The molecule has 1 heterocycles.